The van der Waals surface area contributed by atoms with Gasteiger partial charge in [-0.2, -0.15) is 0 Å². The molecule has 3 rings (SSSR count). The molecule has 4 nitrogen and oxygen atoms in total. The van der Waals surface area contributed by atoms with Crippen LogP contribution in [0.25, 0.3) is 11.0 Å². The molecule has 1 fully saturated rings. The molecule has 0 radical (unpaired) electrons. The summed E-state index contributed by atoms with van der Waals surface area (Å²) in [4.78, 5) is 4.73. The van der Waals surface area contributed by atoms with Crippen LogP contribution in [0.1, 0.15) is 38.6 Å². The van der Waals surface area contributed by atoms with Crippen molar-refractivity contribution >= 4 is 11.0 Å². The topological polar surface area (TPSA) is 53.1 Å². The van der Waals surface area contributed by atoms with Crippen molar-refractivity contribution in [3.8, 4) is 5.75 Å². The summed E-state index contributed by atoms with van der Waals surface area (Å²) in [6.45, 7) is 4.33. The van der Waals surface area contributed by atoms with Crippen molar-refractivity contribution in [2.24, 2.45) is 5.73 Å². The first-order chi connectivity index (χ1) is 8.55. The van der Waals surface area contributed by atoms with Gasteiger partial charge in [-0.3, -0.25) is 0 Å². The first kappa shape index (κ1) is 11.5. The van der Waals surface area contributed by atoms with Gasteiger partial charge in [-0.15, -0.1) is 0 Å². The summed E-state index contributed by atoms with van der Waals surface area (Å²) in [7, 11) is 1.67. The van der Waals surface area contributed by atoms with E-state index in [-0.39, 0.29) is 5.54 Å². The number of imidazole rings is 1. The largest absolute Gasteiger partial charge is 0.497 e. The zero-order chi connectivity index (χ0) is 12.9. The Kier molecular flexibility index (Phi) is 2.38. The highest BCUT2D eigenvalue weighted by Gasteiger charge is 2.44. The third-order valence-corrected chi connectivity index (χ3v) is 3.65. The Bertz CT molecular complexity index is 596. The normalized spacial score (nSPS) is 17.4. The minimum atomic E-state index is -0.212. The van der Waals surface area contributed by atoms with E-state index < -0.39 is 0 Å². The molecule has 0 saturated heterocycles. The number of nitrogens with two attached hydrogens (primary N) is 1. The standard InChI is InChI=1S/C14H19N3O/c1-9(2)17-12-5-4-10(18-3)8-11(12)16-13(17)14(15)6-7-14/h4-5,8-9H,6-7,15H2,1-3H3. The summed E-state index contributed by atoms with van der Waals surface area (Å²) in [6.07, 6.45) is 2.06. The van der Waals surface area contributed by atoms with Crippen LogP contribution in [-0.4, -0.2) is 16.7 Å². The van der Waals surface area contributed by atoms with E-state index in [4.69, 9.17) is 15.5 Å². The molecule has 0 spiro atoms. The van der Waals surface area contributed by atoms with Crippen LogP contribution in [0.15, 0.2) is 18.2 Å². The maximum atomic E-state index is 6.33. The quantitative estimate of drug-likeness (QED) is 0.904. The summed E-state index contributed by atoms with van der Waals surface area (Å²) in [5.41, 5.74) is 8.22. The van der Waals surface area contributed by atoms with Gasteiger partial charge < -0.3 is 15.0 Å². The van der Waals surface area contributed by atoms with Gasteiger partial charge in [-0.1, -0.05) is 0 Å². The highest BCUT2D eigenvalue weighted by atomic mass is 16.5. The molecule has 0 bridgehead atoms. The number of aromatic nitrogens is 2. The van der Waals surface area contributed by atoms with Crippen molar-refractivity contribution in [1.82, 2.24) is 9.55 Å². The van der Waals surface area contributed by atoms with Gasteiger partial charge in [0.25, 0.3) is 0 Å². The van der Waals surface area contributed by atoms with Crippen LogP contribution < -0.4 is 10.5 Å². The fraction of sp³-hybridized carbons (Fsp3) is 0.500. The van der Waals surface area contributed by atoms with E-state index in [9.17, 15) is 0 Å². The number of fused-ring (bicyclic) bond motifs is 1. The van der Waals surface area contributed by atoms with E-state index in [0.717, 1.165) is 35.4 Å². The molecule has 0 unspecified atom stereocenters. The first-order valence-corrected chi connectivity index (χ1v) is 6.40. The molecule has 2 N–H and O–H groups in total. The Balaban J connectivity index is 2.25. The number of hydrogen-bond donors (Lipinski definition) is 1. The summed E-state index contributed by atoms with van der Waals surface area (Å²) >= 11 is 0. The van der Waals surface area contributed by atoms with E-state index in [1.165, 1.54) is 0 Å². The number of benzene rings is 1. The van der Waals surface area contributed by atoms with Gasteiger partial charge in [0.1, 0.15) is 11.6 Å². The van der Waals surface area contributed by atoms with Crippen molar-refractivity contribution in [3.63, 3.8) is 0 Å². The molecule has 4 heteroatoms. The van der Waals surface area contributed by atoms with Gasteiger partial charge in [0.05, 0.1) is 23.7 Å². The zero-order valence-electron chi connectivity index (χ0n) is 11.1. The molecule has 18 heavy (non-hydrogen) atoms. The minimum Gasteiger partial charge on any atom is -0.497 e. The van der Waals surface area contributed by atoms with Gasteiger partial charge in [-0.25, -0.2) is 4.98 Å². The molecule has 1 aliphatic carbocycles. The lowest BCUT2D eigenvalue weighted by Crippen LogP contribution is -2.25. The van der Waals surface area contributed by atoms with Crippen LogP contribution in [0.3, 0.4) is 0 Å². The summed E-state index contributed by atoms with van der Waals surface area (Å²) in [5, 5.41) is 0. The zero-order valence-corrected chi connectivity index (χ0v) is 11.1. The Labute approximate surface area is 107 Å². The van der Waals surface area contributed by atoms with E-state index >= 15 is 0 Å². The SMILES string of the molecule is COc1ccc2c(c1)nc(C1(N)CC1)n2C(C)C. The summed E-state index contributed by atoms with van der Waals surface area (Å²) in [6, 6.07) is 6.38. The molecule has 0 amide bonds. The third kappa shape index (κ3) is 1.60. The molecule has 1 aromatic heterocycles. The molecule has 1 aromatic carbocycles. The number of hydrogen-bond acceptors (Lipinski definition) is 3. The van der Waals surface area contributed by atoms with Crippen molar-refractivity contribution in [2.75, 3.05) is 7.11 Å². The first-order valence-electron chi connectivity index (χ1n) is 6.40. The van der Waals surface area contributed by atoms with Crippen LogP contribution >= 0.6 is 0 Å². The molecule has 0 atom stereocenters. The lowest BCUT2D eigenvalue weighted by Gasteiger charge is -2.16. The maximum Gasteiger partial charge on any atom is 0.130 e. The van der Waals surface area contributed by atoms with E-state index in [0.29, 0.717) is 6.04 Å². The summed E-state index contributed by atoms with van der Waals surface area (Å²) in [5.74, 6) is 1.85. The van der Waals surface area contributed by atoms with Crippen LogP contribution in [-0.2, 0) is 5.54 Å². The van der Waals surface area contributed by atoms with Crippen molar-refractivity contribution in [1.29, 1.82) is 0 Å². The lowest BCUT2D eigenvalue weighted by molar-refractivity contribution is 0.415. The second-order valence-electron chi connectivity index (χ2n) is 5.41. The van der Waals surface area contributed by atoms with Gasteiger partial charge >= 0.3 is 0 Å². The molecule has 1 heterocycles. The second-order valence-corrected chi connectivity index (χ2v) is 5.41. The molecule has 96 valence electrons. The van der Waals surface area contributed by atoms with Gasteiger partial charge in [0.2, 0.25) is 0 Å². The van der Waals surface area contributed by atoms with Gasteiger partial charge in [0.15, 0.2) is 0 Å². The Morgan fingerprint density at radius 3 is 2.67 bits per heavy atom. The second kappa shape index (κ2) is 3.72. The average molecular weight is 245 g/mol. The van der Waals surface area contributed by atoms with Crippen LogP contribution in [0.5, 0.6) is 5.75 Å². The highest BCUT2D eigenvalue weighted by molar-refractivity contribution is 5.78. The minimum absolute atomic E-state index is 0.212. The van der Waals surface area contributed by atoms with Gasteiger partial charge in [-0.05, 0) is 38.8 Å². The number of methoxy groups -OCH3 is 1. The molecule has 0 aliphatic heterocycles. The molecular formula is C14H19N3O. The number of nitrogens with zero attached hydrogens (tertiary/aromatic N) is 2. The van der Waals surface area contributed by atoms with Gasteiger partial charge in [0, 0.05) is 12.1 Å². The van der Waals surface area contributed by atoms with Crippen LogP contribution in [0.4, 0.5) is 0 Å². The third-order valence-electron chi connectivity index (χ3n) is 3.65. The Morgan fingerprint density at radius 2 is 2.11 bits per heavy atom. The average Bonchev–Trinajstić information content (AvgIpc) is 2.97. The van der Waals surface area contributed by atoms with Crippen molar-refractivity contribution in [3.05, 3.63) is 24.0 Å². The van der Waals surface area contributed by atoms with Crippen LogP contribution in [0, 0.1) is 0 Å². The smallest absolute Gasteiger partial charge is 0.130 e. The molecule has 1 saturated carbocycles. The molecular weight excluding hydrogens is 226 g/mol. The number of rotatable bonds is 3. The Hall–Kier alpha value is -1.55. The predicted molar refractivity (Wildman–Crippen MR) is 71.8 cm³/mol. The summed E-state index contributed by atoms with van der Waals surface area (Å²) < 4.78 is 7.50. The van der Waals surface area contributed by atoms with Crippen molar-refractivity contribution in [2.45, 2.75) is 38.3 Å². The fourth-order valence-corrected chi connectivity index (χ4v) is 2.44. The predicted octanol–water partition coefficient (Wildman–Crippen LogP) is 2.57. The molecule has 1 aliphatic rings. The lowest BCUT2D eigenvalue weighted by atomic mass is 10.2. The van der Waals surface area contributed by atoms with E-state index in [1.54, 1.807) is 7.11 Å². The maximum absolute atomic E-state index is 6.33. The monoisotopic (exact) mass is 245 g/mol. The Morgan fingerprint density at radius 1 is 1.39 bits per heavy atom. The number of ether oxygens (including phenoxy) is 1. The van der Waals surface area contributed by atoms with E-state index in [2.05, 4.69) is 24.5 Å². The molecule has 2 aromatic rings. The highest BCUT2D eigenvalue weighted by Crippen LogP contribution is 2.44. The van der Waals surface area contributed by atoms with Crippen LogP contribution in [0.2, 0.25) is 0 Å². The van der Waals surface area contributed by atoms with Crippen molar-refractivity contribution < 1.29 is 4.74 Å². The fourth-order valence-electron chi connectivity index (χ4n) is 2.44. The van der Waals surface area contributed by atoms with E-state index in [1.807, 2.05) is 12.1 Å².